The fourth-order valence-electron chi connectivity index (χ4n) is 1.88. The van der Waals surface area contributed by atoms with Crippen LogP contribution in [0.1, 0.15) is 11.1 Å². The normalized spacial score (nSPS) is 11.4. The van der Waals surface area contributed by atoms with Crippen LogP contribution < -0.4 is 0 Å². The minimum Gasteiger partial charge on any atom is -0.481 e. The molecule has 0 fully saturated rings. The maximum Gasteiger partial charge on any atom is 0.417 e. The molecular formula is C14H9F4NO2. The maximum absolute atomic E-state index is 13.4. The van der Waals surface area contributed by atoms with Gasteiger partial charge in [-0.3, -0.25) is 9.78 Å². The highest BCUT2D eigenvalue weighted by Crippen LogP contribution is 2.36. The zero-order chi connectivity index (χ0) is 15.6. The third-order valence-electron chi connectivity index (χ3n) is 2.78. The number of aliphatic carboxylic acids is 1. The van der Waals surface area contributed by atoms with Gasteiger partial charge in [0.15, 0.2) is 0 Å². The van der Waals surface area contributed by atoms with E-state index in [2.05, 4.69) is 4.98 Å². The van der Waals surface area contributed by atoms with E-state index in [1.165, 1.54) is 18.2 Å². The zero-order valence-electron chi connectivity index (χ0n) is 10.5. The molecule has 0 aliphatic rings. The summed E-state index contributed by atoms with van der Waals surface area (Å²) in [5.41, 5.74) is -1.48. The van der Waals surface area contributed by atoms with Crippen molar-refractivity contribution in [3.05, 3.63) is 53.5 Å². The van der Waals surface area contributed by atoms with Crippen molar-refractivity contribution in [2.45, 2.75) is 12.6 Å². The average molecular weight is 299 g/mol. The fourth-order valence-corrected chi connectivity index (χ4v) is 1.88. The molecule has 1 heterocycles. The van der Waals surface area contributed by atoms with E-state index in [0.29, 0.717) is 0 Å². The first kappa shape index (κ1) is 15.0. The van der Waals surface area contributed by atoms with Gasteiger partial charge in [-0.1, -0.05) is 18.2 Å². The van der Waals surface area contributed by atoms with Gasteiger partial charge < -0.3 is 5.11 Å². The maximum atomic E-state index is 13.4. The van der Waals surface area contributed by atoms with Crippen molar-refractivity contribution in [1.82, 2.24) is 4.98 Å². The number of carbonyl (C=O) groups is 1. The van der Waals surface area contributed by atoms with Gasteiger partial charge in [0.2, 0.25) is 0 Å². The largest absolute Gasteiger partial charge is 0.481 e. The van der Waals surface area contributed by atoms with Crippen molar-refractivity contribution in [3.8, 4) is 11.3 Å². The molecule has 0 aliphatic carbocycles. The molecule has 1 aromatic carbocycles. The number of hydrogen-bond acceptors (Lipinski definition) is 2. The molecule has 0 aliphatic heterocycles. The standard InChI is InChI=1S/C14H9F4NO2/c15-11-7-19-12(5-8(11)6-13(20)21)9-3-1-2-4-10(9)14(16,17)18/h1-5,7H,6H2,(H,20,21). The van der Waals surface area contributed by atoms with E-state index in [0.717, 1.165) is 18.3 Å². The first-order valence-corrected chi connectivity index (χ1v) is 5.82. The van der Waals surface area contributed by atoms with Crippen LogP contribution in [0, 0.1) is 5.82 Å². The Bertz CT molecular complexity index is 683. The van der Waals surface area contributed by atoms with Crippen molar-refractivity contribution >= 4 is 5.97 Å². The number of carboxylic acid groups (broad SMARTS) is 1. The van der Waals surface area contributed by atoms with Crippen LogP contribution in [0.2, 0.25) is 0 Å². The van der Waals surface area contributed by atoms with Crippen LogP contribution in [-0.4, -0.2) is 16.1 Å². The van der Waals surface area contributed by atoms with Gasteiger partial charge in [0, 0.05) is 11.1 Å². The highest BCUT2D eigenvalue weighted by molar-refractivity contribution is 5.72. The Labute approximate surface area is 116 Å². The van der Waals surface area contributed by atoms with Gasteiger partial charge in [0.1, 0.15) is 5.82 Å². The van der Waals surface area contributed by atoms with Crippen molar-refractivity contribution < 1.29 is 27.5 Å². The summed E-state index contributed by atoms with van der Waals surface area (Å²) in [4.78, 5) is 14.3. The van der Waals surface area contributed by atoms with Crippen LogP contribution in [0.5, 0.6) is 0 Å². The van der Waals surface area contributed by atoms with Gasteiger partial charge in [0.05, 0.1) is 23.9 Å². The molecule has 110 valence electrons. The van der Waals surface area contributed by atoms with Crippen LogP contribution in [0.25, 0.3) is 11.3 Å². The van der Waals surface area contributed by atoms with Crippen molar-refractivity contribution in [3.63, 3.8) is 0 Å². The minimum atomic E-state index is -4.58. The molecule has 21 heavy (non-hydrogen) atoms. The molecule has 0 radical (unpaired) electrons. The number of halogens is 4. The Kier molecular flexibility index (Phi) is 3.93. The highest BCUT2D eigenvalue weighted by atomic mass is 19.4. The number of rotatable bonds is 3. The molecule has 0 unspecified atom stereocenters. The van der Waals surface area contributed by atoms with Crippen LogP contribution in [0.3, 0.4) is 0 Å². The summed E-state index contributed by atoms with van der Waals surface area (Å²) in [6.07, 6.45) is -4.49. The monoisotopic (exact) mass is 299 g/mol. The second-order valence-electron chi connectivity index (χ2n) is 4.27. The quantitative estimate of drug-likeness (QED) is 0.882. The lowest BCUT2D eigenvalue weighted by molar-refractivity contribution is -0.137. The Morgan fingerprint density at radius 2 is 1.90 bits per heavy atom. The van der Waals surface area contributed by atoms with E-state index in [1.54, 1.807) is 0 Å². The smallest absolute Gasteiger partial charge is 0.417 e. The van der Waals surface area contributed by atoms with Crippen LogP contribution in [0.4, 0.5) is 17.6 Å². The molecule has 0 atom stereocenters. The molecule has 2 aromatic rings. The predicted octanol–water partition coefficient (Wildman–Crippen LogP) is 3.53. The lowest BCUT2D eigenvalue weighted by Crippen LogP contribution is -2.08. The van der Waals surface area contributed by atoms with Crippen molar-refractivity contribution in [1.29, 1.82) is 0 Å². The third-order valence-corrected chi connectivity index (χ3v) is 2.78. The topological polar surface area (TPSA) is 50.2 Å². The molecule has 2 rings (SSSR count). The molecule has 1 aromatic heterocycles. The molecule has 0 saturated heterocycles. The van der Waals surface area contributed by atoms with E-state index in [9.17, 15) is 22.4 Å². The molecule has 3 nitrogen and oxygen atoms in total. The summed E-state index contributed by atoms with van der Waals surface area (Å²) in [7, 11) is 0. The third kappa shape index (κ3) is 3.36. The highest BCUT2D eigenvalue weighted by Gasteiger charge is 2.33. The summed E-state index contributed by atoms with van der Waals surface area (Å²) in [6, 6.07) is 5.74. The summed E-state index contributed by atoms with van der Waals surface area (Å²) >= 11 is 0. The number of benzene rings is 1. The average Bonchev–Trinajstić information content (AvgIpc) is 2.40. The van der Waals surface area contributed by atoms with E-state index < -0.39 is 29.9 Å². The number of alkyl halides is 3. The van der Waals surface area contributed by atoms with E-state index in [-0.39, 0.29) is 16.8 Å². The number of pyridine rings is 1. The first-order chi connectivity index (χ1) is 9.79. The molecule has 0 spiro atoms. The fraction of sp³-hybridized carbons (Fsp3) is 0.143. The minimum absolute atomic E-state index is 0.124. The molecule has 0 amide bonds. The molecule has 1 N–H and O–H groups in total. The molecular weight excluding hydrogens is 290 g/mol. The summed E-state index contributed by atoms with van der Waals surface area (Å²) < 4.78 is 52.2. The molecule has 0 bridgehead atoms. The Morgan fingerprint density at radius 3 is 2.52 bits per heavy atom. The lowest BCUT2D eigenvalue weighted by Gasteiger charge is -2.12. The predicted molar refractivity (Wildman–Crippen MR) is 66.0 cm³/mol. The van der Waals surface area contributed by atoms with Crippen LogP contribution in [0.15, 0.2) is 36.5 Å². The molecule has 7 heteroatoms. The van der Waals surface area contributed by atoms with Gasteiger partial charge >= 0.3 is 12.1 Å². The van der Waals surface area contributed by atoms with E-state index >= 15 is 0 Å². The number of nitrogens with zero attached hydrogens (tertiary/aromatic N) is 1. The summed E-state index contributed by atoms with van der Waals surface area (Å²) in [6.45, 7) is 0. The zero-order valence-corrected chi connectivity index (χ0v) is 10.5. The Hall–Kier alpha value is -2.44. The van der Waals surface area contributed by atoms with Crippen molar-refractivity contribution in [2.75, 3.05) is 0 Å². The number of carboxylic acids is 1. The second-order valence-corrected chi connectivity index (χ2v) is 4.27. The number of hydrogen-bond donors (Lipinski definition) is 1. The lowest BCUT2D eigenvalue weighted by atomic mass is 10.0. The summed E-state index contributed by atoms with van der Waals surface area (Å²) in [5, 5.41) is 8.67. The molecule has 0 saturated carbocycles. The van der Waals surface area contributed by atoms with Gasteiger partial charge in [0.25, 0.3) is 0 Å². The summed E-state index contributed by atoms with van der Waals surface area (Å²) in [5.74, 6) is -2.15. The first-order valence-electron chi connectivity index (χ1n) is 5.82. The van der Waals surface area contributed by atoms with Crippen LogP contribution in [-0.2, 0) is 17.4 Å². The van der Waals surface area contributed by atoms with Gasteiger partial charge in [-0.05, 0) is 12.1 Å². The second kappa shape index (κ2) is 5.51. The van der Waals surface area contributed by atoms with Gasteiger partial charge in [-0.2, -0.15) is 13.2 Å². The SMILES string of the molecule is O=C(O)Cc1cc(-c2ccccc2C(F)(F)F)ncc1F. The Morgan fingerprint density at radius 1 is 1.24 bits per heavy atom. The van der Waals surface area contributed by atoms with Crippen molar-refractivity contribution in [2.24, 2.45) is 0 Å². The van der Waals surface area contributed by atoms with E-state index in [4.69, 9.17) is 5.11 Å². The van der Waals surface area contributed by atoms with E-state index in [1.807, 2.05) is 0 Å². The van der Waals surface area contributed by atoms with Crippen LogP contribution >= 0.6 is 0 Å². The Balaban J connectivity index is 2.55. The number of aromatic nitrogens is 1. The van der Waals surface area contributed by atoms with Gasteiger partial charge in [-0.15, -0.1) is 0 Å². The van der Waals surface area contributed by atoms with Gasteiger partial charge in [-0.25, -0.2) is 4.39 Å².